The summed E-state index contributed by atoms with van der Waals surface area (Å²) in [6.07, 6.45) is 1.48. The molecule has 1 saturated heterocycles. The normalized spacial score (nSPS) is 19.0. The molecule has 2 aromatic rings. The Morgan fingerprint density at radius 3 is 3.00 bits per heavy atom. The summed E-state index contributed by atoms with van der Waals surface area (Å²) in [5.74, 6) is -0.176. The monoisotopic (exact) mass is 316 g/mol. The van der Waals surface area contributed by atoms with E-state index in [0.29, 0.717) is 24.4 Å². The molecule has 122 valence electrons. The molecule has 1 unspecified atom stereocenters. The minimum atomic E-state index is -0.412. The summed E-state index contributed by atoms with van der Waals surface area (Å²) in [6, 6.07) is 6.80. The predicted octanol–water partition coefficient (Wildman–Crippen LogP) is 1.71. The van der Waals surface area contributed by atoms with Crippen LogP contribution in [0.5, 0.6) is 0 Å². The second kappa shape index (κ2) is 6.52. The molecule has 0 radical (unpaired) electrons. The number of piperidine rings is 1. The lowest BCUT2D eigenvalue weighted by molar-refractivity contribution is -0.114. The fourth-order valence-electron chi connectivity index (χ4n) is 3.06. The molecule has 1 aromatic heterocycles. The van der Waals surface area contributed by atoms with Crippen LogP contribution in [-0.2, 0) is 11.3 Å². The van der Waals surface area contributed by atoms with Gasteiger partial charge in [0.25, 0.3) is 0 Å². The first-order valence-electron chi connectivity index (χ1n) is 7.76. The van der Waals surface area contributed by atoms with Gasteiger partial charge in [-0.2, -0.15) is 0 Å². The Hall–Kier alpha value is -2.18. The molecule has 6 nitrogen and oxygen atoms in total. The summed E-state index contributed by atoms with van der Waals surface area (Å²) in [5.41, 5.74) is 1.51. The van der Waals surface area contributed by atoms with Crippen LogP contribution in [0.3, 0.4) is 0 Å². The van der Waals surface area contributed by atoms with E-state index in [9.17, 15) is 14.7 Å². The molecular weight excluding hydrogens is 296 g/mol. The molecule has 6 heteroatoms. The summed E-state index contributed by atoms with van der Waals surface area (Å²) in [5, 5.41) is 13.3. The number of benzene rings is 1. The zero-order chi connectivity index (χ0) is 16.4. The summed E-state index contributed by atoms with van der Waals surface area (Å²) >= 11 is 0. The van der Waals surface area contributed by atoms with E-state index in [4.69, 9.17) is 4.42 Å². The molecule has 0 aliphatic carbocycles. The molecule has 23 heavy (non-hydrogen) atoms. The molecule has 3 rings (SSSR count). The third-order valence-electron chi connectivity index (χ3n) is 4.03. The number of amides is 1. The Labute approximate surface area is 133 Å². The predicted molar refractivity (Wildman–Crippen MR) is 87.3 cm³/mol. The Bertz CT molecular complexity index is 784. The van der Waals surface area contributed by atoms with Crippen molar-refractivity contribution in [2.75, 3.05) is 18.4 Å². The van der Waals surface area contributed by atoms with Gasteiger partial charge in [-0.1, -0.05) is 0 Å². The van der Waals surface area contributed by atoms with Crippen LogP contribution < -0.4 is 10.9 Å². The SMILES string of the molecule is CC(=O)Nc1ccc2c(CN3CCCC(O)C3)cc(=O)oc2c1. The van der Waals surface area contributed by atoms with Crippen LogP contribution in [0.4, 0.5) is 5.69 Å². The van der Waals surface area contributed by atoms with Crippen molar-refractivity contribution in [3.63, 3.8) is 0 Å². The van der Waals surface area contributed by atoms with Gasteiger partial charge in [0.15, 0.2) is 0 Å². The van der Waals surface area contributed by atoms with Crippen molar-refractivity contribution in [1.29, 1.82) is 0 Å². The van der Waals surface area contributed by atoms with Crippen LogP contribution in [0.2, 0.25) is 0 Å². The first-order chi connectivity index (χ1) is 11.0. The van der Waals surface area contributed by atoms with Crippen LogP contribution in [-0.4, -0.2) is 35.1 Å². The highest BCUT2D eigenvalue weighted by Crippen LogP contribution is 2.23. The standard InChI is InChI=1S/C17H20N2O4/c1-11(20)18-13-4-5-15-12(7-17(22)23-16(15)8-13)9-19-6-2-3-14(21)10-19/h4-5,7-8,14,21H,2-3,6,9-10H2,1H3,(H,18,20). The van der Waals surface area contributed by atoms with Crippen LogP contribution in [0.15, 0.2) is 33.5 Å². The molecular formula is C17H20N2O4. The minimum absolute atomic E-state index is 0.176. The molecule has 0 saturated carbocycles. The summed E-state index contributed by atoms with van der Waals surface area (Å²) in [7, 11) is 0. The van der Waals surface area contributed by atoms with Crippen molar-refractivity contribution >= 4 is 22.6 Å². The number of anilines is 1. The van der Waals surface area contributed by atoms with E-state index in [1.165, 1.54) is 13.0 Å². The molecule has 0 spiro atoms. The van der Waals surface area contributed by atoms with E-state index >= 15 is 0 Å². The van der Waals surface area contributed by atoms with Gasteiger partial charge in [0.1, 0.15) is 5.58 Å². The van der Waals surface area contributed by atoms with Crippen molar-refractivity contribution < 1.29 is 14.3 Å². The lowest BCUT2D eigenvalue weighted by Crippen LogP contribution is -2.37. The number of aliphatic hydroxyl groups is 1. The summed E-state index contributed by atoms with van der Waals surface area (Å²) < 4.78 is 5.26. The van der Waals surface area contributed by atoms with E-state index in [1.807, 2.05) is 6.07 Å². The van der Waals surface area contributed by atoms with Crippen LogP contribution in [0, 0.1) is 0 Å². The maximum absolute atomic E-state index is 11.8. The Morgan fingerprint density at radius 2 is 2.26 bits per heavy atom. The average Bonchev–Trinajstić information content (AvgIpc) is 2.46. The van der Waals surface area contributed by atoms with Gasteiger partial charge in [0.05, 0.1) is 6.10 Å². The van der Waals surface area contributed by atoms with Gasteiger partial charge in [0, 0.05) is 43.2 Å². The number of carbonyl (C=O) groups excluding carboxylic acids is 1. The first kappa shape index (κ1) is 15.7. The highest BCUT2D eigenvalue weighted by molar-refractivity contribution is 5.92. The Morgan fingerprint density at radius 1 is 1.43 bits per heavy atom. The van der Waals surface area contributed by atoms with E-state index in [-0.39, 0.29) is 12.0 Å². The summed E-state index contributed by atoms with van der Waals surface area (Å²) in [6.45, 7) is 3.55. The van der Waals surface area contributed by atoms with Crippen molar-refractivity contribution in [2.45, 2.75) is 32.4 Å². The van der Waals surface area contributed by atoms with E-state index in [0.717, 1.165) is 30.3 Å². The lowest BCUT2D eigenvalue weighted by atomic mass is 10.1. The third-order valence-corrected chi connectivity index (χ3v) is 4.03. The molecule has 0 bridgehead atoms. The number of nitrogens with zero attached hydrogens (tertiary/aromatic N) is 1. The van der Waals surface area contributed by atoms with Crippen LogP contribution >= 0.6 is 0 Å². The number of carbonyl (C=O) groups is 1. The third kappa shape index (κ3) is 3.78. The highest BCUT2D eigenvalue weighted by Gasteiger charge is 2.19. The number of hydrogen-bond donors (Lipinski definition) is 2. The Kier molecular flexibility index (Phi) is 4.45. The van der Waals surface area contributed by atoms with Crippen molar-refractivity contribution in [1.82, 2.24) is 4.90 Å². The molecule has 2 heterocycles. The molecule has 1 aliphatic heterocycles. The number of likely N-dealkylation sites (tertiary alicyclic amines) is 1. The van der Waals surface area contributed by atoms with Gasteiger partial charge in [-0.3, -0.25) is 9.69 Å². The second-order valence-electron chi connectivity index (χ2n) is 6.01. The number of aliphatic hydroxyl groups excluding tert-OH is 1. The fraction of sp³-hybridized carbons (Fsp3) is 0.412. The van der Waals surface area contributed by atoms with Crippen LogP contribution in [0.25, 0.3) is 11.0 Å². The van der Waals surface area contributed by atoms with Gasteiger partial charge < -0.3 is 14.8 Å². The zero-order valence-corrected chi connectivity index (χ0v) is 13.0. The molecule has 1 fully saturated rings. The number of fused-ring (bicyclic) bond motifs is 1. The van der Waals surface area contributed by atoms with Crippen LogP contribution in [0.1, 0.15) is 25.3 Å². The molecule has 1 aliphatic rings. The molecule has 1 atom stereocenters. The molecule has 1 amide bonds. The van der Waals surface area contributed by atoms with E-state index in [1.54, 1.807) is 12.1 Å². The highest BCUT2D eigenvalue weighted by atomic mass is 16.4. The van der Waals surface area contributed by atoms with Gasteiger partial charge in [-0.15, -0.1) is 0 Å². The van der Waals surface area contributed by atoms with Crippen molar-refractivity contribution in [2.24, 2.45) is 0 Å². The molecule has 2 N–H and O–H groups in total. The van der Waals surface area contributed by atoms with Gasteiger partial charge >= 0.3 is 5.63 Å². The number of rotatable bonds is 3. The lowest BCUT2D eigenvalue weighted by Gasteiger charge is -2.30. The van der Waals surface area contributed by atoms with Gasteiger partial charge in [-0.25, -0.2) is 4.79 Å². The average molecular weight is 316 g/mol. The first-order valence-corrected chi connectivity index (χ1v) is 7.76. The fourth-order valence-corrected chi connectivity index (χ4v) is 3.06. The quantitative estimate of drug-likeness (QED) is 0.842. The number of nitrogens with one attached hydrogen (secondary N) is 1. The van der Waals surface area contributed by atoms with Crippen molar-refractivity contribution in [3.8, 4) is 0 Å². The van der Waals surface area contributed by atoms with Gasteiger partial charge in [-0.05, 0) is 37.1 Å². The summed E-state index contributed by atoms with van der Waals surface area (Å²) in [4.78, 5) is 25.1. The van der Waals surface area contributed by atoms with E-state index in [2.05, 4.69) is 10.2 Å². The van der Waals surface area contributed by atoms with Crippen molar-refractivity contribution in [3.05, 3.63) is 40.2 Å². The largest absolute Gasteiger partial charge is 0.423 e. The second-order valence-corrected chi connectivity index (χ2v) is 6.01. The minimum Gasteiger partial charge on any atom is -0.423 e. The zero-order valence-electron chi connectivity index (χ0n) is 13.0. The van der Waals surface area contributed by atoms with E-state index < -0.39 is 5.63 Å². The smallest absolute Gasteiger partial charge is 0.336 e. The Balaban J connectivity index is 1.93. The maximum Gasteiger partial charge on any atom is 0.336 e. The topological polar surface area (TPSA) is 82.8 Å². The number of hydrogen-bond acceptors (Lipinski definition) is 5. The van der Waals surface area contributed by atoms with Gasteiger partial charge in [0.2, 0.25) is 5.91 Å². The maximum atomic E-state index is 11.8. The number of β-amino-alcohol motifs (C(OH)–C–C–N with tert-alkyl or cyclic N) is 1. The molecule has 1 aromatic carbocycles.